The van der Waals surface area contributed by atoms with E-state index in [9.17, 15) is 13.2 Å². The molecule has 1 aliphatic heterocycles. The highest BCUT2D eigenvalue weighted by Crippen LogP contribution is 2.29. The number of para-hydroxylation sites is 2. The zero-order valence-electron chi connectivity index (χ0n) is 19.1. The van der Waals surface area contributed by atoms with Gasteiger partial charge in [-0.3, -0.25) is 4.79 Å². The van der Waals surface area contributed by atoms with E-state index in [1.54, 1.807) is 0 Å². The summed E-state index contributed by atoms with van der Waals surface area (Å²) in [5.41, 5.74) is 0.887. The first-order valence-electron chi connectivity index (χ1n) is 11.1. The molecule has 0 aliphatic carbocycles. The van der Waals surface area contributed by atoms with Gasteiger partial charge in [-0.2, -0.15) is 8.99 Å². The largest absolute Gasteiger partial charge is 0.492 e. The van der Waals surface area contributed by atoms with E-state index in [0.717, 1.165) is 31.0 Å². The maximum atomic E-state index is 13.0. The Labute approximate surface area is 213 Å². The quantitative estimate of drug-likeness (QED) is 0.412. The number of ether oxygens (including phenoxy) is 1. The van der Waals surface area contributed by atoms with Gasteiger partial charge in [-0.25, -0.2) is 8.42 Å². The Bertz CT molecular complexity index is 1290. The third-order valence-corrected chi connectivity index (χ3v) is 8.47. The summed E-state index contributed by atoms with van der Waals surface area (Å²) in [5.74, 6) is 0.223. The van der Waals surface area contributed by atoms with Gasteiger partial charge in [-0.1, -0.05) is 41.9 Å². The minimum atomic E-state index is -3.65. The van der Waals surface area contributed by atoms with Crippen molar-refractivity contribution < 1.29 is 17.9 Å². The first-order valence-corrected chi connectivity index (χ1v) is 13.9. The number of nitrogens with zero attached hydrogens (tertiary/aromatic N) is 5. The number of sulfonamides is 1. The van der Waals surface area contributed by atoms with E-state index in [1.165, 1.54) is 27.2 Å². The lowest BCUT2D eigenvalue weighted by Gasteiger charge is -2.26. The fourth-order valence-electron chi connectivity index (χ4n) is 3.66. The third-order valence-electron chi connectivity index (χ3n) is 5.33. The average Bonchev–Trinajstić information content (AvgIpc) is 3.33. The molecule has 0 unspecified atom stereocenters. The van der Waals surface area contributed by atoms with Crippen molar-refractivity contribution in [3.05, 3.63) is 47.5 Å². The molecule has 0 saturated carbocycles. The lowest BCUT2D eigenvalue weighted by atomic mass is 10.2. The summed E-state index contributed by atoms with van der Waals surface area (Å²) in [6.07, 6.45) is 2.69. The summed E-state index contributed by atoms with van der Waals surface area (Å²) in [5, 5.41) is 15.1. The highest BCUT2D eigenvalue weighted by Gasteiger charge is 2.26. The van der Waals surface area contributed by atoms with Gasteiger partial charge in [-0.15, -0.1) is 5.10 Å². The molecule has 1 aromatic heterocycles. The molecule has 1 saturated heterocycles. The highest BCUT2D eigenvalue weighted by molar-refractivity contribution is 7.99. The van der Waals surface area contributed by atoms with Crippen LogP contribution in [0.5, 0.6) is 5.75 Å². The number of piperidine rings is 1. The van der Waals surface area contributed by atoms with Crippen LogP contribution in [0, 0.1) is 0 Å². The Morgan fingerprint density at radius 1 is 1.17 bits per heavy atom. The fraction of sp³-hybridized carbons (Fsp3) is 0.364. The first kappa shape index (κ1) is 25.4. The number of benzene rings is 2. The molecule has 10 nitrogen and oxygen atoms in total. The average molecular weight is 537 g/mol. The number of tetrazole rings is 1. The van der Waals surface area contributed by atoms with Crippen LogP contribution >= 0.6 is 23.4 Å². The number of anilines is 1. The van der Waals surface area contributed by atoms with E-state index < -0.39 is 10.0 Å². The second-order valence-corrected chi connectivity index (χ2v) is 11.0. The SMILES string of the molecule is CCOc1ccccc1-n1nnnc1SCC(=O)Nc1cc(S(=O)(=O)N2CCCCC2)ccc1Cl. The number of hydrogen-bond donors (Lipinski definition) is 1. The van der Waals surface area contributed by atoms with E-state index >= 15 is 0 Å². The van der Waals surface area contributed by atoms with Crippen LogP contribution in [0.3, 0.4) is 0 Å². The molecule has 1 N–H and O–H groups in total. The molecular formula is C22H25ClN6O4S2. The Kier molecular flexibility index (Phi) is 8.26. The van der Waals surface area contributed by atoms with Crippen molar-refractivity contribution in [2.24, 2.45) is 0 Å². The smallest absolute Gasteiger partial charge is 0.243 e. The van der Waals surface area contributed by atoms with Crippen LogP contribution in [-0.4, -0.2) is 64.3 Å². The van der Waals surface area contributed by atoms with Crippen LogP contribution in [0.2, 0.25) is 5.02 Å². The number of carbonyl (C=O) groups excluding carboxylic acids is 1. The van der Waals surface area contributed by atoms with Crippen LogP contribution in [0.4, 0.5) is 5.69 Å². The van der Waals surface area contributed by atoms with E-state index in [0.29, 0.717) is 36.3 Å². The Morgan fingerprint density at radius 2 is 1.94 bits per heavy atom. The number of carbonyl (C=O) groups is 1. The zero-order chi connectivity index (χ0) is 24.8. The lowest BCUT2D eigenvalue weighted by molar-refractivity contribution is -0.113. The standard InChI is InChI=1S/C22H25ClN6O4S2/c1-2-33-20-9-5-4-8-19(20)29-22(25-26-27-29)34-15-21(30)24-18-14-16(10-11-17(18)23)35(31,32)28-12-6-3-7-13-28/h4-5,8-11,14H,2-3,6-7,12-13,15H2,1H3,(H,24,30). The van der Waals surface area contributed by atoms with Crippen molar-refractivity contribution in [1.82, 2.24) is 24.5 Å². The van der Waals surface area contributed by atoms with Gasteiger partial charge in [0.2, 0.25) is 21.1 Å². The van der Waals surface area contributed by atoms with Crippen molar-refractivity contribution in [3.8, 4) is 11.4 Å². The van der Waals surface area contributed by atoms with Gasteiger partial charge >= 0.3 is 0 Å². The second kappa shape index (κ2) is 11.4. The lowest BCUT2D eigenvalue weighted by Crippen LogP contribution is -2.35. The third kappa shape index (κ3) is 5.95. The van der Waals surface area contributed by atoms with E-state index in [-0.39, 0.29) is 27.3 Å². The summed E-state index contributed by atoms with van der Waals surface area (Å²) in [6.45, 7) is 3.35. The second-order valence-electron chi connectivity index (χ2n) is 7.72. The fourth-order valence-corrected chi connectivity index (χ4v) is 6.05. The number of thioether (sulfide) groups is 1. The van der Waals surface area contributed by atoms with Gasteiger partial charge in [0, 0.05) is 13.1 Å². The summed E-state index contributed by atoms with van der Waals surface area (Å²) in [6, 6.07) is 11.7. The minimum Gasteiger partial charge on any atom is -0.492 e. The molecule has 0 spiro atoms. The number of amides is 1. The van der Waals surface area contributed by atoms with Crippen LogP contribution in [-0.2, 0) is 14.8 Å². The molecular weight excluding hydrogens is 512 g/mol. The monoisotopic (exact) mass is 536 g/mol. The minimum absolute atomic E-state index is 0.0173. The maximum Gasteiger partial charge on any atom is 0.243 e. The van der Waals surface area contributed by atoms with Crippen molar-refractivity contribution in [1.29, 1.82) is 0 Å². The summed E-state index contributed by atoms with van der Waals surface area (Å²) in [4.78, 5) is 12.8. The van der Waals surface area contributed by atoms with Crippen LogP contribution in [0.25, 0.3) is 5.69 Å². The van der Waals surface area contributed by atoms with Crippen LogP contribution < -0.4 is 10.1 Å². The number of nitrogens with one attached hydrogen (secondary N) is 1. The molecule has 13 heteroatoms. The van der Waals surface area contributed by atoms with Gasteiger partial charge in [-0.05, 0) is 60.5 Å². The van der Waals surface area contributed by atoms with Gasteiger partial charge in [0.15, 0.2) is 0 Å². The topological polar surface area (TPSA) is 119 Å². The molecule has 1 fully saturated rings. The van der Waals surface area contributed by atoms with Crippen LogP contribution in [0.15, 0.2) is 52.5 Å². The molecule has 1 aliphatic rings. The van der Waals surface area contributed by atoms with Crippen LogP contribution in [0.1, 0.15) is 26.2 Å². The van der Waals surface area contributed by atoms with Gasteiger partial charge in [0.25, 0.3) is 0 Å². The number of halogens is 1. The Morgan fingerprint density at radius 3 is 2.71 bits per heavy atom. The predicted octanol–water partition coefficient (Wildman–Crippen LogP) is 3.62. The zero-order valence-corrected chi connectivity index (χ0v) is 21.4. The summed E-state index contributed by atoms with van der Waals surface area (Å²) < 4.78 is 34.6. The van der Waals surface area contributed by atoms with E-state index in [1.807, 2.05) is 31.2 Å². The van der Waals surface area contributed by atoms with Crippen molar-refractivity contribution >= 4 is 45.0 Å². The molecule has 4 rings (SSSR count). The first-order chi connectivity index (χ1) is 16.9. The predicted molar refractivity (Wildman–Crippen MR) is 134 cm³/mol. The van der Waals surface area contributed by atoms with Crippen molar-refractivity contribution in [2.75, 3.05) is 30.8 Å². The normalized spacial score (nSPS) is 14.6. The molecule has 35 heavy (non-hydrogen) atoms. The Balaban J connectivity index is 1.45. The Hall–Kier alpha value is -2.67. The molecule has 0 radical (unpaired) electrons. The maximum absolute atomic E-state index is 13.0. The number of hydrogen-bond acceptors (Lipinski definition) is 8. The molecule has 0 atom stereocenters. The summed E-state index contributed by atoms with van der Waals surface area (Å²) >= 11 is 7.38. The van der Waals surface area contributed by atoms with Crippen molar-refractivity contribution in [3.63, 3.8) is 0 Å². The van der Waals surface area contributed by atoms with Gasteiger partial charge in [0.1, 0.15) is 11.4 Å². The number of aromatic nitrogens is 4. The highest BCUT2D eigenvalue weighted by atomic mass is 35.5. The molecule has 0 bridgehead atoms. The molecule has 1 amide bonds. The van der Waals surface area contributed by atoms with Gasteiger partial charge < -0.3 is 10.1 Å². The van der Waals surface area contributed by atoms with Gasteiger partial charge in [0.05, 0.1) is 28.0 Å². The van der Waals surface area contributed by atoms with E-state index in [4.69, 9.17) is 16.3 Å². The molecule has 2 aromatic carbocycles. The molecule has 186 valence electrons. The molecule has 2 heterocycles. The van der Waals surface area contributed by atoms with E-state index in [2.05, 4.69) is 20.8 Å². The molecule has 3 aromatic rings. The summed E-state index contributed by atoms with van der Waals surface area (Å²) in [7, 11) is -3.65. The number of rotatable bonds is 9. The van der Waals surface area contributed by atoms with Crippen molar-refractivity contribution in [2.45, 2.75) is 36.2 Å².